The number of nitrogens with one attached hydrogen (secondary N) is 1. The highest BCUT2D eigenvalue weighted by atomic mass is 32.2. The Hall–Kier alpha value is -2.41. The molecule has 0 bridgehead atoms. The van der Waals surface area contributed by atoms with Crippen molar-refractivity contribution in [3.63, 3.8) is 0 Å². The van der Waals surface area contributed by atoms with E-state index >= 15 is 0 Å². The molecule has 1 atom stereocenters. The molecule has 5 nitrogen and oxygen atoms in total. The minimum absolute atomic E-state index is 0.281. The second kappa shape index (κ2) is 7.91. The van der Waals surface area contributed by atoms with Gasteiger partial charge in [-0.2, -0.15) is 0 Å². The number of anilines is 1. The molecular weight excluding hydrogens is 372 g/mol. The molecule has 0 unspecified atom stereocenters. The number of rotatable bonds is 5. The van der Waals surface area contributed by atoms with Crippen LogP contribution in [-0.4, -0.2) is 34.7 Å². The van der Waals surface area contributed by atoms with E-state index in [0.29, 0.717) is 0 Å². The van der Waals surface area contributed by atoms with Crippen LogP contribution < -0.4 is 9.62 Å². The topological polar surface area (TPSA) is 58.6 Å². The number of hydrogen-bond acceptors (Lipinski definition) is 4. The highest BCUT2D eigenvalue weighted by Crippen LogP contribution is 2.23. The van der Waals surface area contributed by atoms with Gasteiger partial charge in [-0.05, 0) is 47.5 Å². The van der Waals surface area contributed by atoms with Crippen molar-refractivity contribution in [2.75, 3.05) is 31.2 Å². The van der Waals surface area contributed by atoms with E-state index in [4.69, 9.17) is 4.74 Å². The van der Waals surface area contributed by atoms with Crippen LogP contribution in [0.4, 0.5) is 5.69 Å². The Morgan fingerprint density at radius 3 is 2.32 bits per heavy atom. The fourth-order valence-electron chi connectivity index (χ4n) is 3.50. The summed E-state index contributed by atoms with van der Waals surface area (Å²) in [6, 6.07) is 20.7. The summed E-state index contributed by atoms with van der Waals surface area (Å²) < 4.78 is 33.9. The summed E-state index contributed by atoms with van der Waals surface area (Å²) in [5.74, 6) is 0. The van der Waals surface area contributed by atoms with Crippen molar-refractivity contribution >= 4 is 26.5 Å². The summed E-state index contributed by atoms with van der Waals surface area (Å²) in [7, 11) is -3.61. The molecule has 4 rings (SSSR count). The Bertz CT molecular complexity index is 1060. The Labute approximate surface area is 166 Å². The van der Waals surface area contributed by atoms with Gasteiger partial charge in [0.15, 0.2) is 0 Å². The smallest absolute Gasteiger partial charge is 0.241 e. The number of nitrogens with zero attached hydrogens (tertiary/aromatic N) is 1. The predicted molar refractivity (Wildman–Crippen MR) is 112 cm³/mol. The molecule has 1 aliphatic rings. The largest absolute Gasteiger partial charge is 0.378 e. The number of ether oxygens (including phenoxy) is 1. The molecule has 0 radical (unpaired) electrons. The molecule has 0 aliphatic carbocycles. The Morgan fingerprint density at radius 1 is 0.929 bits per heavy atom. The fraction of sp³-hybridized carbons (Fsp3) is 0.273. The molecule has 1 heterocycles. The van der Waals surface area contributed by atoms with Gasteiger partial charge in [0, 0.05) is 24.8 Å². The van der Waals surface area contributed by atoms with E-state index in [1.165, 1.54) is 0 Å². The molecular formula is C22H24N2O3S. The van der Waals surface area contributed by atoms with Gasteiger partial charge in [-0.1, -0.05) is 42.5 Å². The summed E-state index contributed by atoms with van der Waals surface area (Å²) in [5, 5.41) is 1.93. The van der Waals surface area contributed by atoms with Gasteiger partial charge < -0.3 is 9.64 Å². The zero-order chi connectivity index (χ0) is 19.6. The molecule has 0 saturated carbocycles. The molecule has 0 spiro atoms. The van der Waals surface area contributed by atoms with Gasteiger partial charge in [0.25, 0.3) is 0 Å². The van der Waals surface area contributed by atoms with Crippen molar-refractivity contribution in [3.8, 4) is 0 Å². The first-order valence-electron chi connectivity index (χ1n) is 9.47. The van der Waals surface area contributed by atoms with Crippen LogP contribution in [0.15, 0.2) is 71.6 Å². The minimum atomic E-state index is -3.61. The first kappa shape index (κ1) is 18.9. The van der Waals surface area contributed by atoms with Crippen molar-refractivity contribution in [1.29, 1.82) is 0 Å². The lowest BCUT2D eigenvalue weighted by Crippen LogP contribution is -2.36. The van der Waals surface area contributed by atoms with Crippen molar-refractivity contribution < 1.29 is 13.2 Å². The first-order chi connectivity index (χ1) is 13.5. The maximum absolute atomic E-state index is 12.8. The second-order valence-electron chi connectivity index (χ2n) is 7.04. The highest BCUT2D eigenvalue weighted by Gasteiger charge is 2.19. The molecule has 1 fully saturated rings. The third-order valence-electron chi connectivity index (χ3n) is 5.13. The van der Waals surface area contributed by atoms with Crippen LogP contribution >= 0.6 is 0 Å². The lowest BCUT2D eigenvalue weighted by atomic mass is 10.1. The molecule has 0 aromatic heterocycles. The minimum Gasteiger partial charge on any atom is -0.378 e. The summed E-state index contributed by atoms with van der Waals surface area (Å²) in [6.45, 7) is 5.10. The van der Waals surface area contributed by atoms with Crippen LogP contribution in [0.5, 0.6) is 0 Å². The van der Waals surface area contributed by atoms with Gasteiger partial charge in [0.05, 0.1) is 18.1 Å². The average Bonchev–Trinajstić information content (AvgIpc) is 2.74. The SMILES string of the molecule is C[C@H](NS(=O)(=O)c1ccc2ccccc2c1)c1ccc(N2CCOCC2)cc1. The predicted octanol–water partition coefficient (Wildman–Crippen LogP) is 3.72. The van der Waals surface area contributed by atoms with E-state index in [1.54, 1.807) is 12.1 Å². The van der Waals surface area contributed by atoms with E-state index in [0.717, 1.165) is 48.3 Å². The highest BCUT2D eigenvalue weighted by molar-refractivity contribution is 7.89. The summed E-state index contributed by atoms with van der Waals surface area (Å²) in [5.41, 5.74) is 2.07. The zero-order valence-corrected chi connectivity index (χ0v) is 16.7. The summed E-state index contributed by atoms with van der Waals surface area (Å²) in [4.78, 5) is 2.56. The van der Waals surface area contributed by atoms with E-state index in [1.807, 2.05) is 61.5 Å². The van der Waals surface area contributed by atoms with E-state index in [9.17, 15) is 8.42 Å². The molecule has 1 aliphatic heterocycles. The molecule has 3 aromatic carbocycles. The quantitative estimate of drug-likeness (QED) is 0.714. The van der Waals surface area contributed by atoms with Gasteiger partial charge in [0.2, 0.25) is 10.0 Å². The normalized spacial score (nSPS) is 16.2. The van der Waals surface area contributed by atoms with Crippen LogP contribution in [0.1, 0.15) is 18.5 Å². The van der Waals surface area contributed by atoms with E-state index in [-0.39, 0.29) is 10.9 Å². The first-order valence-corrected chi connectivity index (χ1v) is 10.9. The van der Waals surface area contributed by atoms with Crippen LogP contribution in [0.25, 0.3) is 10.8 Å². The molecule has 0 amide bonds. The van der Waals surface area contributed by atoms with Gasteiger partial charge in [-0.25, -0.2) is 13.1 Å². The third kappa shape index (κ3) is 4.04. The number of sulfonamides is 1. The van der Waals surface area contributed by atoms with Gasteiger partial charge in [0.1, 0.15) is 0 Å². The Balaban J connectivity index is 1.50. The number of benzene rings is 3. The Kier molecular flexibility index (Phi) is 5.35. The van der Waals surface area contributed by atoms with E-state index in [2.05, 4.69) is 9.62 Å². The summed E-state index contributed by atoms with van der Waals surface area (Å²) in [6.07, 6.45) is 0. The van der Waals surface area contributed by atoms with Gasteiger partial charge >= 0.3 is 0 Å². The lowest BCUT2D eigenvalue weighted by molar-refractivity contribution is 0.122. The molecule has 1 N–H and O–H groups in total. The number of hydrogen-bond donors (Lipinski definition) is 1. The van der Waals surface area contributed by atoms with Crippen molar-refractivity contribution in [3.05, 3.63) is 72.3 Å². The average molecular weight is 397 g/mol. The van der Waals surface area contributed by atoms with Crippen molar-refractivity contribution in [2.24, 2.45) is 0 Å². The van der Waals surface area contributed by atoms with Crippen LogP contribution in [0, 0.1) is 0 Å². The number of morpholine rings is 1. The standard InChI is InChI=1S/C22H24N2O3S/c1-17(18-6-9-21(10-7-18)24-12-14-27-15-13-24)23-28(25,26)22-11-8-19-4-2-3-5-20(19)16-22/h2-11,16-17,23H,12-15H2,1H3/t17-/m0/s1. The molecule has 1 saturated heterocycles. The molecule has 6 heteroatoms. The summed E-state index contributed by atoms with van der Waals surface area (Å²) >= 11 is 0. The monoisotopic (exact) mass is 396 g/mol. The van der Waals surface area contributed by atoms with Crippen molar-refractivity contribution in [2.45, 2.75) is 17.9 Å². The van der Waals surface area contributed by atoms with Crippen molar-refractivity contribution in [1.82, 2.24) is 4.72 Å². The maximum Gasteiger partial charge on any atom is 0.241 e. The van der Waals surface area contributed by atoms with Crippen LogP contribution in [0.2, 0.25) is 0 Å². The lowest BCUT2D eigenvalue weighted by Gasteiger charge is -2.29. The molecule has 28 heavy (non-hydrogen) atoms. The third-order valence-corrected chi connectivity index (χ3v) is 6.67. The maximum atomic E-state index is 12.8. The second-order valence-corrected chi connectivity index (χ2v) is 8.76. The molecule has 146 valence electrons. The van der Waals surface area contributed by atoms with Crippen LogP contribution in [0.3, 0.4) is 0 Å². The fourth-order valence-corrected chi connectivity index (χ4v) is 4.77. The van der Waals surface area contributed by atoms with Gasteiger partial charge in [-0.3, -0.25) is 0 Å². The zero-order valence-electron chi connectivity index (χ0n) is 15.8. The Morgan fingerprint density at radius 2 is 1.61 bits per heavy atom. The molecule has 3 aromatic rings. The van der Waals surface area contributed by atoms with E-state index < -0.39 is 10.0 Å². The van der Waals surface area contributed by atoms with Gasteiger partial charge in [-0.15, -0.1) is 0 Å². The van der Waals surface area contributed by atoms with Crippen LogP contribution in [-0.2, 0) is 14.8 Å². The number of fused-ring (bicyclic) bond motifs is 1.